The van der Waals surface area contributed by atoms with E-state index in [0.29, 0.717) is 23.3 Å². The maximum atomic E-state index is 13.2. The number of anilines is 1. The van der Waals surface area contributed by atoms with Gasteiger partial charge >= 0.3 is 6.03 Å². The Morgan fingerprint density at radius 3 is 3.00 bits per heavy atom. The molecule has 0 aliphatic carbocycles. The molecule has 4 nitrogen and oxygen atoms in total. The maximum absolute atomic E-state index is 13.2. The van der Waals surface area contributed by atoms with Crippen LogP contribution in [0.2, 0.25) is 0 Å². The summed E-state index contributed by atoms with van der Waals surface area (Å²) in [7, 11) is 0. The Kier molecular flexibility index (Phi) is 4.42. The van der Waals surface area contributed by atoms with Crippen molar-refractivity contribution in [3.63, 3.8) is 0 Å². The summed E-state index contributed by atoms with van der Waals surface area (Å²) in [5.41, 5.74) is 0.427. The average molecular weight is 331 g/mol. The van der Waals surface area contributed by atoms with E-state index in [2.05, 4.69) is 21.2 Å². The van der Waals surface area contributed by atoms with E-state index in [1.807, 2.05) is 13.8 Å². The standard InChI is InChI=1S/C13H16BrFN2O2/c1-8-9(2)19-6-5-17(8)13(18)16-12-7-10(15)3-4-11(12)14/h3-4,7-9H,5-6H2,1-2H3,(H,16,18). The van der Waals surface area contributed by atoms with Crippen LogP contribution < -0.4 is 5.32 Å². The van der Waals surface area contributed by atoms with Gasteiger partial charge in [0.25, 0.3) is 0 Å². The van der Waals surface area contributed by atoms with Crippen LogP contribution in [0.5, 0.6) is 0 Å². The molecule has 6 heteroatoms. The lowest BCUT2D eigenvalue weighted by atomic mass is 10.1. The fourth-order valence-corrected chi connectivity index (χ4v) is 2.35. The van der Waals surface area contributed by atoms with E-state index >= 15 is 0 Å². The molecule has 19 heavy (non-hydrogen) atoms. The number of amides is 2. The van der Waals surface area contributed by atoms with E-state index in [0.717, 1.165) is 0 Å². The monoisotopic (exact) mass is 330 g/mol. The number of rotatable bonds is 1. The van der Waals surface area contributed by atoms with Gasteiger partial charge in [-0.25, -0.2) is 9.18 Å². The third-order valence-electron chi connectivity index (χ3n) is 3.31. The molecule has 1 N–H and O–H groups in total. The fraction of sp³-hybridized carbons (Fsp3) is 0.462. The van der Waals surface area contributed by atoms with E-state index < -0.39 is 0 Å². The number of hydrogen-bond acceptors (Lipinski definition) is 2. The number of morpholine rings is 1. The summed E-state index contributed by atoms with van der Waals surface area (Å²) in [4.78, 5) is 13.9. The summed E-state index contributed by atoms with van der Waals surface area (Å²) in [6.45, 7) is 4.92. The van der Waals surface area contributed by atoms with Gasteiger partial charge in [-0.15, -0.1) is 0 Å². The highest BCUT2D eigenvalue weighted by atomic mass is 79.9. The van der Waals surface area contributed by atoms with Gasteiger partial charge in [0, 0.05) is 11.0 Å². The second-order valence-electron chi connectivity index (χ2n) is 4.56. The Morgan fingerprint density at radius 1 is 1.53 bits per heavy atom. The molecule has 1 aliphatic heterocycles. The third-order valence-corrected chi connectivity index (χ3v) is 4.01. The van der Waals surface area contributed by atoms with Crippen LogP contribution in [-0.2, 0) is 4.74 Å². The van der Waals surface area contributed by atoms with E-state index in [-0.39, 0.29) is 24.0 Å². The van der Waals surface area contributed by atoms with Crippen molar-refractivity contribution in [1.82, 2.24) is 4.90 Å². The van der Waals surface area contributed by atoms with Gasteiger partial charge in [0.2, 0.25) is 0 Å². The predicted molar refractivity (Wildman–Crippen MR) is 74.7 cm³/mol. The zero-order valence-electron chi connectivity index (χ0n) is 10.8. The van der Waals surface area contributed by atoms with Crippen molar-refractivity contribution in [3.8, 4) is 0 Å². The minimum Gasteiger partial charge on any atom is -0.375 e. The van der Waals surface area contributed by atoms with Gasteiger partial charge in [0.05, 0.1) is 24.4 Å². The molecule has 1 aromatic rings. The first-order chi connectivity index (χ1) is 8.99. The summed E-state index contributed by atoms with van der Waals surface area (Å²) in [5.74, 6) is -0.387. The first kappa shape index (κ1) is 14.3. The van der Waals surface area contributed by atoms with E-state index in [4.69, 9.17) is 4.74 Å². The number of nitrogens with one attached hydrogen (secondary N) is 1. The van der Waals surface area contributed by atoms with E-state index in [1.54, 1.807) is 11.0 Å². The number of halogens is 2. The molecule has 0 saturated carbocycles. The molecule has 2 unspecified atom stereocenters. The summed E-state index contributed by atoms with van der Waals surface area (Å²) >= 11 is 3.29. The first-order valence-electron chi connectivity index (χ1n) is 6.13. The molecule has 1 saturated heterocycles. The quantitative estimate of drug-likeness (QED) is 0.858. The fourth-order valence-electron chi connectivity index (χ4n) is 2.00. The molecule has 0 aromatic heterocycles. The van der Waals surface area contributed by atoms with Gasteiger partial charge in [0.15, 0.2) is 0 Å². The van der Waals surface area contributed by atoms with Crippen molar-refractivity contribution >= 4 is 27.6 Å². The molecule has 1 heterocycles. The lowest BCUT2D eigenvalue weighted by molar-refractivity contribution is -0.0355. The summed E-state index contributed by atoms with van der Waals surface area (Å²) in [6.07, 6.45) is -0.00421. The zero-order valence-corrected chi connectivity index (χ0v) is 12.4. The molecule has 1 aromatic carbocycles. The summed E-state index contributed by atoms with van der Waals surface area (Å²) in [6, 6.07) is 3.93. The smallest absolute Gasteiger partial charge is 0.322 e. The van der Waals surface area contributed by atoms with Crippen LogP contribution in [0, 0.1) is 5.82 Å². The number of ether oxygens (including phenoxy) is 1. The molecule has 0 radical (unpaired) electrons. The van der Waals surface area contributed by atoms with Crippen molar-refractivity contribution in [2.45, 2.75) is 26.0 Å². The highest BCUT2D eigenvalue weighted by Gasteiger charge is 2.29. The number of hydrogen-bond donors (Lipinski definition) is 1. The number of benzene rings is 1. The van der Waals surface area contributed by atoms with Gasteiger partial charge in [-0.1, -0.05) is 0 Å². The minimum atomic E-state index is -0.387. The van der Waals surface area contributed by atoms with Crippen molar-refractivity contribution < 1.29 is 13.9 Å². The Labute approximate surface area is 120 Å². The third kappa shape index (κ3) is 3.25. The first-order valence-corrected chi connectivity index (χ1v) is 6.92. The van der Waals surface area contributed by atoms with Gasteiger partial charge in [-0.3, -0.25) is 0 Å². The summed E-state index contributed by atoms with van der Waals surface area (Å²) in [5, 5.41) is 2.72. The molecular weight excluding hydrogens is 315 g/mol. The Bertz CT molecular complexity index is 484. The van der Waals surface area contributed by atoms with Crippen LogP contribution in [0.3, 0.4) is 0 Å². The normalized spacial score (nSPS) is 23.3. The van der Waals surface area contributed by atoms with Gasteiger partial charge in [-0.2, -0.15) is 0 Å². The van der Waals surface area contributed by atoms with Crippen LogP contribution >= 0.6 is 15.9 Å². The summed E-state index contributed by atoms with van der Waals surface area (Å²) < 4.78 is 19.3. The van der Waals surface area contributed by atoms with Crippen molar-refractivity contribution in [1.29, 1.82) is 0 Å². The molecule has 2 rings (SSSR count). The molecular formula is C13H16BrFN2O2. The molecule has 2 amide bonds. The van der Waals surface area contributed by atoms with Crippen LogP contribution in [0.25, 0.3) is 0 Å². The van der Waals surface area contributed by atoms with E-state index in [9.17, 15) is 9.18 Å². The molecule has 2 atom stereocenters. The average Bonchev–Trinajstić information content (AvgIpc) is 2.37. The van der Waals surface area contributed by atoms with Gasteiger partial charge in [0.1, 0.15) is 5.82 Å². The second kappa shape index (κ2) is 5.88. The predicted octanol–water partition coefficient (Wildman–Crippen LogP) is 3.23. The van der Waals surface area contributed by atoms with Crippen LogP contribution in [0.1, 0.15) is 13.8 Å². The Hall–Kier alpha value is -1.14. The number of urea groups is 1. The molecule has 0 spiro atoms. The SMILES string of the molecule is CC1OCCN(C(=O)Nc2cc(F)ccc2Br)C1C. The minimum absolute atomic E-state index is 0.00421. The second-order valence-corrected chi connectivity index (χ2v) is 5.42. The zero-order chi connectivity index (χ0) is 14.0. The Balaban J connectivity index is 2.10. The lowest BCUT2D eigenvalue weighted by Crippen LogP contribution is -2.52. The molecule has 1 fully saturated rings. The maximum Gasteiger partial charge on any atom is 0.322 e. The van der Waals surface area contributed by atoms with Crippen LogP contribution in [0.15, 0.2) is 22.7 Å². The number of carbonyl (C=O) groups excluding carboxylic acids is 1. The molecule has 1 aliphatic rings. The highest BCUT2D eigenvalue weighted by molar-refractivity contribution is 9.10. The van der Waals surface area contributed by atoms with Crippen LogP contribution in [0.4, 0.5) is 14.9 Å². The van der Waals surface area contributed by atoms with Gasteiger partial charge < -0.3 is 15.0 Å². The topological polar surface area (TPSA) is 41.6 Å². The molecule has 104 valence electrons. The molecule has 0 bridgehead atoms. The van der Waals surface area contributed by atoms with Gasteiger partial charge in [-0.05, 0) is 48.0 Å². The highest BCUT2D eigenvalue weighted by Crippen LogP contribution is 2.24. The van der Waals surface area contributed by atoms with Crippen molar-refractivity contribution in [3.05, 3.63) is 28.5 Å². The number of nitrogens with zero attached hydrogens (tertiary/aromatic N) is 1. The largest absolute Gasteiger partial charge is 0.375 e. The van der Waals surface area contributed by atoms with E-state index in [1.165, 1.54) is 12.1 Å². The van der Waals surface area contributed by atoms with Crippen LogP contribution in [-0.4, -0.2) is 36.2 Å². The Morgan fingerprint density at radius 2 is 2.26 bits per heavy atom. The van der Waals surface area contributed by atoms with Crippen molar-refractivity contribution in [2.24, 2.45) is 0 Å². The number of carbonyl (C=O) groups is 1. The van der Waals surface area contributed by atoms with Crippen molar-refractivity contribution in [2.75, 3.05) is 18.5 Å². The lowest BCUT2D eigenvalue weighted by Gasteiger charge is -2.37.